The van der Waals surface area contributed by atoms with E-state index < -0.39 is 5.91 Å². The van der Waals surface area contributed by atoms with E-state index in [0.717, 1.165) is 45.1 Å². The van der Waals surface area contributed by atoms with Crippen LogP contribution in [-0.4, -0.2) is 40.9 Å². The van der Waals surface area contributed by atoms with Gasteiger partial charge in [0.1, 0.15) is 6.29 Å². The number of nitrogens with zero attached hydrogens (tertiary/aromatic N) is 2. The molecule has 3 rings (SSSR count). The zero-order valence-electron chi connectivity index (χ0n) is 15.7. The van der Waals surface area contributed by atoms with Crippen molar-refractivity contribution >= 4 is 12.2 Å². The van der Waals surface area contributed by atoms with Crippen LogP contribution in [0, 0.1) is 17.3 Å². The topological polar surface area (TPSA) is 82.5 Å². The zero-order valence-corrected chi connectivity index (χ0v) is 15.7. The number of hydrogen-bond acceptors (Lipinski definition) is 5. The van der Waals surface area contributed by atoms with Gasteiger partial charge < -0.3 is 9.69 Å². The predicted molar refractivity (Wildman–Crippen MR) is 102 cm³/mol. The highest BCUT2D eigenvalue weighted by molar-refractivity contribution is 5.95. The molecule has 2 aliphatic rings. The van der Waals surface area contributed by atoms with Gasteiger partial charge in [-0.25, -0.2) is 5.48 Å². The van der Waals surface area contributed by atoms with Crippen LogP contribution in [-0.2, 0) is 16.1 Å². The Morgan fingerprint density at radius 1 is 1.48 bits per heavy atom. The van der Waals surface area contributed by atoms with E-state index in [9.17, 15) is 9.59 Å². The maximum Gasteiger partial charge on any atom is 0.274 e. The van der Waals surface area contributed by atoms with Crippen LogP contribution >= 0.6 is 0 Å². The maximum atomic E-state index is 12.0. The Hall–Kier alpha value is -2.31. The standard InChI is InChI=1S/C21H27N3O3/c1-24(14-16-3-2-9-22-13-16)10-8-21(15-25)7-6-17-11-18(20(26)23-27)4-5-19(17)12-21/h2-5,9,11,13,15,17,19,27H,6-8,10,12,14H2,1H3,(H,23,26)/t17?,19?,21-/m0/s1. The first-order chi connectivity index (χ1) is 13.0. The number of amides is 1. The van der Waals surface area contributed by atoms with Gasteiger partial charge in [-0.15, -0.1) is 0 Å². The Balaban J connectivity index is 1.58. The summed E-state index contributed by atoms with van der Waals surface area (Å²) in [4.78, 5) is 30.0. The maximum absolute atomic E-state index is 12.0. The van der Waals surface area contributed by atoms with Crippen molar-refractivity contribution in [3.8, 4) is 0 Å². The first kappa shape index (κ1) is 19.5. The largest absolute Gasteiger partial charge is 0.303 e. The lowest BCUT2D eigenvalue weighted by Crippen LogP contribution is -2.38. The first-order valence-electron chi connectivity index (χ1n) is 9.43. The molecule has 3 atom stereocenters. The molecule has 0 spiro atoms. The summed E-state index contributed by atoms with van der Waals surface area (Å²) in [6.07, 6.45) is 13.8. The number of nitrogens with one attached hydrogen (secondary N) is 1. The van der Waals surface area contributed by atoms with E-state index in [2.05, 4.69) is 23.0 Å². The Morgan fingerprint density at radius 2 is 2.33 bits per heavy atom. The minimum absolute atomic E-state index is 0.253. The third-order valence-electron chi connectivity index (χ3n) is 5.86. The number of aromatic nitrogens is 1. The van der Waals surface area contributed by atoms with Crippen molar-refractivity contribution in [2.24, 2.45) is 17.3 Å². The van der Waals surface area contributed by atoms with Gasteiger partial charge in [0, 0.05) is 29.9 Å². The normalized spacial score (nSPS) is 27.0. The molecule has 0 saturated heterocycles. The summed E-state index contributed by atoms with van der Waals surface area (Å²) < 4.78 is 0. The number of pyridine rings is 1. The van der Waals surface area contributed by atoms with Gasteiger partial charge in [0.05, 0.1) is 0 Å². The van der Waals surface area contributed by atoms with Crippen molar-refractivity contribution in [2.45, 2.75) is 32.2 Å². The molecule has 1 fully saturated rings. The minimum Gasteiger partial charge on any atom is -0.303 e. The van der Waals surface area contributed by atoms with Crippen LogP contribution < -0.4 is 5.48 Å². The number of fused-ring (bicyclic) bond motifs is 1. The van der Waals surface area contributed by atoms with Gasteiger partial charge >= 0.3 is 0 Å². The van der Waals surface area contributed by atoms with E-state index in [1.807, 2.05) is 24.4 Å². The number of rotatable bonds is 7. The minimum atomic E-state index is -0.478. The van der Waals surface area contributed by atoms with Crippen LogP contribution in [0.2, 0.25) is 0 Å². The van der Waals surface area contributed by atoms with Crippen molar-refractivity contribution < 1.29 is 14.8 Å². The number of hydroxylamine groups is 1. The quantitative estimate of drug-likeness (QED) is 0.438. The second kappa shape index (κ2) is 8.59. The van der Waals surface area contributed by atoms with Crippen molar-refractivity contribution in [3.63, 3.8) is 0 Å². The SMILES string of the molecule is CN(CC[C@@]1(C=O)CCC2C=C(C(=O)NO)C=CC2C1)Cc1cccnc1. The van der Waals surface area contributed by atoms with Crippen molar-refractivity contribution in [1.82, 2.24) is 15.4 Å². The summed E-state index contributed by atoms with van der Waals surface area (Å²) in [6, 6.07) is 4.00. The Morgan fingerprint density at radius 3 is 3.04 bits per heavy atom. The molecule has 0 aromatic carbocycles. The summed E-state index contributed by atoms with van der Waals surface area (Å²) in [7, 11) is 2.07. The van der Waals surface area contributed by atoms with E-state index in [1.165, 1.54) is 5.56 Å². The van der Waals surface area contributed by atoms with Crippen LogP contribution in [0.1, 0.15) is 31.2 Å². The lowest BCUT2D eigenvalue weighted by molar-refractivity contribution is -0.125. The molecule has 6 nitrogen and oxygen atoms in total. The molecule has 2 unspecified atom stereocenters. The molecule has 1 aromatic rings. The Labute approximate surface area is 159 Å². The molecule has 1 heterocycles. The number of carbonyl (C=O) groups is 2. The number of carbonyl (C=O) groups excluding carboxylic acids is 2. The number of aldehydes is 1. The Bertz CT molecular complexity index is 731. The molecule has 0 radical (unpaired) electrons. The molecule has 6 heteroatoms. The third-order valence-corrected chi connectivity index (χ3v) is 5.86. The van der Waals surface area contributed by atoms with Gasteiger partial charge in [-0.3, -0.25) is 15.0 Å². The van der Waals surface area contributed by atoms with E-state index in [4.69, 9.17) is 5.21 Å². The summed E-state index contributed by atoms with van der Waals surface area (Å²) in [5.74, 6) is 0.0419. The molecule has 0 aliphatic heterocycles. The fourth-order valence-electron chi connectivity index (χ4n) is 4.23. The highest BCUT2D eigenvalue weighted by atomic mass is 16.5. The first-order valence-corrected chi connectivity index (χ1v) is 9.43. The highest BCUT2D eigenvalue weighted by Crippen LogP contribution is 2.46. The molecule has 27 heavy (non-hydrogen) atoms. The molecule has 0 bridgehead atoms. The molecule has 2 N–H and O–H groups in total. The van der Waals surface area contributed by atoms with Crippen molar-refractivity contribution in [2.75, 3.05) is 13.6 Å². The van der Waals surface area contributed by atoms with Crippen LogP contribution in [0.15, 0.2) is 48.3 Å². The number of allylic oxidation sites excluding steroid dienone is 2. The molecular weight excluding hydrogens is 342 g/mol. The van der Waals surface area contributed by atoms with Gasteiger partial charge in [0.25, 0.3) is 5.91 Å². The molecule has 1 saturated carbocycles. The second-order valence-corrected chi connectivity index (χ2v) is 7.82. The average Bonchev–Trinajstić information content (AvgIpc) is 2.72. The average molecular weight is 369 g/mol. The lowest BCUT2D eigenvalue weighted by Gasteiger charge is -2.41. The lowest BCUT2D eigenvalue weighted by atomic mass is 9.63. The van der Waals surface area contributed by atoms with Crippen LogP contribution in [0.25, 0.3) is 0 Å². The van der Waals surface area contributed by atoms with Crippen LogP contribution in [0.5, 0.6) is 0 Å². The van der Waals surface area contributed by atoms with E-state index >= 15 is 0 Å². The molecule has 2 aliphatic carbocycles. The van der Waals surface area contributed by atoms with Gasteiger partial charge in [0.2, 0.25) is 0 Å². The molecule has 1 amide bonds. The fraction of sp³-hybridized carbons (Fsp3) is 0.476. The smallest absolute Gasteiger partial charge is 0.274 e. The van der Waals surface area contributed by atoms with Crippen LogP contribution in [0.3, 0.4) is 0 Å². The second-order valence-electron chi connectivity index (χ2n) is 7.82. The number of hydrogen-bond donors (Lipinski definition) is 2. The van der Waals surface area contributed by atoms with Gasteiger partial charge in [-0.1, -0.05) is 24.3 Å². The summed E-state index contributed by atoms with van der Waals surface area (Å²) in [5, 5.41) is 8.80. The molecule has 144 valence electrons. The van der Waals surface area contributed by atoms with Crippen LogP contribution in [0.4, 0.5) is 0 Å². The van der Waals surface area contributed by atoms with Gasteiger partial charge in [0.15, 0.2) is 0 Å². The van der Waals surface area contributed by atoms with E-state index in [-0.39, 0.29) is 17.3 Å². The Kier molecular flexibility index (Phi) is 6.19. The summed E-state index contributed by atoms with van der Waals surface area (Å²) >= 11 is 0. The molecular formula is C21H27N3O3. The van der Waals surface area contributed by atoms with Crippen molar-refractivity contribution in [3.05, 3.63) is 53.9 Å². The van der Waals surface area contributed by atoms with Gasteiger partial charge in [-0.05, 0) is 62.7 Å². The highest BCUT2D eigenvalue weighted by Gasteiger charge is 2.40. The zero-order chi connectivity index (χ0) is 19.3. The summed E-state index contributed by atoms with van der Waals surface area (Å²) in [5.41, 5.74) is 3.04. The van der Waals surface area contributed by atoms with E-state index in [0.29, 0.717) is 5.57 Å². The summed E-state index contributed by atoms with van der Waals surface area (Å²) in [6.45, 7) is 1.67. The van der Waals surface area contributed by atoms with E-state index in [1.54, 1.807) is 17.8 Å². The van der Waals surface area contributed by atoms with Gasteiger partial charge in [-0.2, -0.15) is 0 Å². The fourth-order valence-corrected chi connectivity index (χ4v) is 4.23. The third kappa shape index (κ3) is 4.70. The predicted octanol–water partition coefficient (Wildman–Crippen LogP) is 2.51. The molecule has 1 aromatic heterocycles. The monoisotopic (exact) mass is 369 g/mol. The van der Waals surface area contributed by atoms with Crippen molar-refractivity contribution in [1.29, 1.82) is 0 Å².